The zero-order chi connectivity index (χ0) is 12.6. The number of alkyl halides is 3. The first-order chi connectivity index (χ1) is 7.16. The standard InChI is InChI=1S/C12H15F3O/c1-11(2,3)10-6-8(7-16)4-5-9(10)12(13,14)15/h4-6,16H,7H2,1-3H3. The first kappa shape index (κ1) is 13.0. The maximum absolute atomic E-state index is 12.8. The van der Waals surface area contributed by atoms with Crippen molar-refractivity contribution in [2.75, 3.05) is 0 Å². The zero-order valence-electron chi connectivity index (χ0n) is 9.52. The minimum atomic E-state index is -4.35. The van der Waals surface area contributed by atoms with Crippen LogP contribution in [0.25, 0.3) is 0 Å². The number of hydrogen-bond acceptors (Lipinski definition) is 1. The van der Waals surface area contributed by atoms with Crippen molar-refractivity contribution in [1.82, 2.24) is 0 Å². The molecular formula is C12H15F3O. The van der Waals surface area contributed by atoms with E-state index in [1.807, 2.05) is 0 Å². The molecule has 0 spiro atoms. The third-order valence-corrected chi connectivity index (χ3v) is 2.38. The molecule has 0 heterocycles. The molecule has 0 atom stereocenters. The molecule has 0 aliphatic heterocycles. The maximum Gasteiger partial charge on any atom is 0.416 e. The second-order valence-electron chi connectivity index (χ2n) is 4.79. The molecule has 1 nitrogen and oxygen atoms in total. The number of halogens is 3. The molecule has 1 rings (SSSR count). The molecule has 0 radical (unpaired) electrons. The van der Waals surface area contributed by atoms with Gasteiger partial charge in [0.15, 0.2) is 0 Å². The summed E-state index contributed by atoms with van der Waals surface area (Å²) in [6.45, 7) is 4.91. The van der Waals surface area contributed by atoms with Gasteiger partial charge in [-0.2, -0.15) is 13.2 Å². The molecule has 0 amide bonds. The summed E-state index contributed by atoms with van der Waals surface area (Å²) in [5, 5.41) is 8.94. The van der Waals surface area contributed by atoms with Gasteiger partial charge < -0.3 is 5.11 Å². The lowest BCUT2D eigenvalue weighted by Crippen LogP contribution is -2.19. The van der Waals surface area contributed by atoms with Gasteiger partial charge in [0.2, 0.25) is 0 Å². The first-order valence-corrected chi connectivity index (χ1v) is 4.97. The highest BCUT2D eigenvalue weighted by Gasteiger charge is 2.36. The van der Waals surface area contributed by atoms with Crippen LogP contribution < -0.4 is 0 Å². The Morgan fingerprint density at radius 3 is 2.00 bits per heavy atom. The summed E-state index contributed by atoms with van der Waals surface area (Å²) in [5.74, 6) is 0. The smallest absolute Gasteiger partial charge is 0.392 e. The zero-order valence-corrected chi connectivity index (χ0v) is 9.52. The molecule has 0 unspecified atom stereocenters. The summed E-state index contributed by atoms with van der Waals surface area (Å²) in [7, 11) is 0. The highest BCUT2D eigenvalue weighted by atomic mass is 19.4. The van der Waals surface area contributed by atoms with Gasteiger partial charge in [0.1, 0.15) is 0 Å². The van der Waals surface area contributed by atoms with E-state index in [2.05, 4.69) is 0 Å². The van der Waals surface area contributed by atoms with E-state index in [0.717, 1.165) is 6.07 Å². The van der Waals surface area contributed by atoms with Crippen molar-refractivity contribution in [3.05, 3.63) is 34.9 Å². The number of rotatable bonds is 1. The maximum atomic E-state index is 12.8. The number of aliphatic hydroxyl groups excluding tert-OH is 1. The Kier molecular flexibility index (Phi) is 3.33. The second-order valence-corrected chi connectivity index (χ2v) is 4.79. The molecule has 0 aliphatic rings. The highest BCUT2D eigenvalue weighted by molar-refractivity contribution is 5.38. The summed E-state index contributed by atoms with van der Waals surface area (Å²) in [4.78, 5) is 0. The predicted molar refractivity (Wildman–Crippen MR) is 56.1 cm³/mol. The van der Waals surface area contributed by atoms with Crippen molar-refractivity contribution in [2.45, 2.75) is 39.0 Å². The van der Waals surface area contributed by atoms with Crippen LogP contribution in [0.1, 0.15) is 37.5 Å². The van der Waals surface area contributed by atoms with Gasteiger partial charge in [0, 0.05) is 0 Å². The van der Waals surface area contributed by atoms with Crippen LogP contribution >= 0.6 is 0 Å². The van der Waals surface area contributed by atoms with Crippen molar-refractivity contribution in [3.63, 3.8) is 0 Å². The van der Waals surface area contributed by atoms with Gasteiger partial charge in [-0.25, -0.2) is 0 Å². The Hall–Kier alpha value is -1.03. The summed E-state index contributed by atoms with van der Waals surface area (Å²) in [6, 6.07) is 3.76. The Morgan fingerprint density at radius 2 is 1.62 bits per heavy atom. The van der Waals surface area contributed by atoms with Crippen molar-refractivity contribution in [1.29, 1.82) is 0 Å². The van der Waals surface area contributed by atoms with Crippen LogP contribution in [0.15, 0.2) is 18.2 Å². The average Bonchev–Trinajstić information content (AvgIpc) is 2.14. The van der Waals surface area contributed by atoms with Crippen LogP contribution in [0.4, 0.5) is 13.2 Å². The van der Waals surface area contributed by atoms with Gasteiger partial charge in [0.05, 0.1) is 12.2 Å². The quantitative estimate of drug-likeness (QED) is 0.785. The topological polar surface area (TPSA) is 20.2 Å². The van der Waals surface area contributed by atoms with E-state index >= 15 is 0 Å². The van der Waals surface area contributed by atoms with Crippen LogP contribution in [0, 0.1) is 0 Å². The van der Waals surface area contributed by atoms with E-state index in [9.17, 15) is 13.2 Å². The van der Waals surface area contributed by atoms with E-state index in [4.69, 9.17) is 5.11 Å². The summed E-state index contributed by atoms with van der Waals surface area (Å²) in [6.07, 6.45) is -4.35. The summed E-state index contributed by atoms with van der Waals surface area (Å²) >= 11 is 0. The van der Waals surface area contributed by atoms with E-state index < -0.39 is 17.2 Å². The van der Waals surface area contributed by atoms with E-state index in [-0.39, 0.29) is 12.2 Å². The van der Waals surface area contributed by atoms with E-state index in [1.54, 1.807) is 20.8 Å². The molecule has 0 fully saturated rings. The van der Waals surface area contributed by atoms with Gasteiger partial charge in [-0.3, -0.25) is 0 Å². The number of benzene rings is 1. The van der Waals surface area contributed by atoms with Crippen molar-refractivity contribution in [3.8, 4) is 0 Å². The van der Waals surface area contributed by atoms with E-state index in [0.29, 0.717) is 5.56 Å². The van der Waals surface area contributed by atoms with Crippen molar-refractivity contribution in [2.24, 2.45) is 0 Å². The Balaban J connectivity index is 3.40. The average molecular weight is 232 g/mol. The summed E-state index contributed by atoms with van der Waals surface area (Å²) in [5.41, 5.74) is -0.516. The molecule has 16 heavy (non-hydrogen) atoms. The van der Waals surface area contributed by atoms with E-state index in [1.165, 1.54) is 12.1 Å². The molecule has 1 N–H and O–H groups in total. The SMILES string of the molecule is CC(C)(C)c1cc(CO)ccc1C(F)(F)F. The van der Waals surface area contributed by atoms with Gasteiger partial charge in [-0.05, 0) is 22.6 Å². The second kappa shape index (κ2) is 4.09. The molecule has 1 aromatic carbocycles. The van der Waals surface area contributed by atoms with Gasteiger partial charge in [0.25, 0.3) is 0 Å². The van der Waals surface area contributed by atoms with Crippen LogP contribution in [0.2, 0.25) is 0 Å². The fourth-order valence-electron chi connectivity index (χ4n) is 1.56. The molecule has 0 aliphatic carbocycles. The molecule has 0 saturated heterocycles. The molecule has 4 heteroatoms. The molecule has 0 aromatic heterocycles. The third kappa shape index (κ3) is 2.76. The van der Waals surface area contributed by atoms with Gasteiger partial charge >= 0.3 is 6.18 Å². The van der Waals surface area contributed by atoms with Crippen molar-refractivity contribution >= 4 is 0 Å². The normalized spacial score (nSPS) is 12.9. The van der Waals surface area contributed by atoms with Crippen LogP contribution in [0.3, 0.4) is 0 Å². The number of aliphatic hydroxyl groups is 1. The lowest BCUT2D eigenvalue weighted by Gasteiger charge is -2.24. The van der Waals surface area contributed by atoms with Crippen LogP contribution in [-0.4, -0.2) is 5.11 Å². The summed E-state index contributed by atoms with van der Waals surface area (Å²) < 4.78 is 38.3. The fraction of sp³-hybridized carbons (Fsp3) is 0.500. The monoisotopic (exact) mass is 232 g/mol. The lowest BCUT2D eigenvalue weighted by molar-refractivity contribution is -0.138. The molecule has 1 aromatic rings. The predicted octanol–water partition coefficient (Wildman–Crippen LogP) is 3.50. The third-order valence-electron chi connectivity index (χ3n) is 2.38. The minimum absolute atomic E-state index is 0.214. The molecule has 0 saturated carbocycles. The Morgan fingerprint density at radius 1 is 1.06 bits per heavy atom. The lowest BCUT2D eigenvalue weighted by atomic mass is 9.82. The fourth-order valence-corrected chi connectivity index (χ4v) is 1.56. The molecule has 0 bridgehead atoms. The molecule has 90 valence electrons. The van der Waals surface area contributed by atoms with Gasteiger partial charge in [-0.15, -0.1) is 0 Å². The van der Waals surface area contributed by atoms with Gasteiger partial charge in [-0.1, -0.05) is 32.9 Å². The minimum Gasteiger partial charge on any atom is -0.392 e. The Bertz CT molecular complexity index is 375. The first-order valence-electron chi connectivity index (χ1n) is 4.97. The highest BCUT2D eigenvalue weighted by Crippen LogP contribution is 2.37. The van der Waals surface area contributed by atoms with Crippen LogP contribution in [0.5, 0.6) is 0 Å². The number of hydrogen-bond donors (Lipinski definition) is 1. The largest absolute Gasteiger partial charge is 0.416 e. The Labute approximate surface area is 92.9 Å². The van der Waals surface area contributed by atoms with Crippen LogP contribution in [-0.2, 0) is 18.2 Å². The molecular weight excluding hydrogens is 217 g/mol. The van der Waals surface area contributed by atoms with Crippen molar-refractivity contribution < 1.29 is 18.3 Å².